The van der Waals surface area contributed by atoms with Crippen LogP contribution in [0, 0.1) is 11.6 Å². The number of halogens is 3. The van der Waals surface area contributed by atoms with Crippen molar-refractivity contribution in [1.82, 2.24) is 4.98 Å². The van der Waals surface area contributed by atoms with E-state index in [9.17, 15) is 17.2 Å². The molecule has 0 aliphatic rings. The average Bonchev–Trinajstić information content (AvgIpc) is 3.10. The minimum Gasteiger partial charge on any atom is -0.484 e. The zero-order valence-electron chi connectivity index (χ0n) is 14.0. The van der Waals surface area contributed by atoms with Crippen molar-refractivity contribution in [2.75, 3.05) is 0 Å². The summed E-state index contributed by atoms with van der Waals surface area (Å²) in [4.78, 5) is 3.37. The van der Waals surface area contributed by atoms with Crippen molar-refractivity contribution in [3.63, 3.8) is 0 Å². The second kappa shape index (κ2) is 7.92. The molecule has 1 atom stereocenters. The highest BCUT2D eigenvalue weighted by molar-refractivity contribution is 7.90. The van der Waals surface area contributed by atoms with Gasteiger partial charge in [-0.15, -0.1) is 11.3 Å². The topological polar surface area (TPSA) is 56.3 Å². The van der Waals surface area contributed by atoms with Gasteiger partial charge in [-0.2, -0.15) is 0 Å². The van der Waals surface area contributed by atoms with Crippen molar-refractivity contribution in [2.45, 2.75) is 23.7 Å². The first-order valence-electron chi connectivity index (χ1n) is 7.79. The summed E-state index contributed by atoms with van der Waals surface area (Å²) in [6.07, 6.45) is 0.723. The maximum Gasteiger partial charge on any atom is 0.187 e. The third-order valence-corrected chi connectivity index (χ3v) is 6.66. The van der Waals surface area contributed by atoms with Gasteiger partial charge in [0.15, 0.2) is 9.84 Å². The first-order chi connectivity index (χ1) is 12.8. The van der Waals surface area contributed by atoms with Gasteiger partial charge in [0.1, 0.15) is 39.1 Å². The predicted octanol–water partition coefficient (Wildman–Crippen LogP) is 5.19. The van der Waals surface area contributed by atoms with E-state index in [1.165, 1.54) is 18.3 Å². The van der Waals surface area contributed by atoms with E-state index in [0.29, 0.717) is 5.01 Å². The lowest BCUT2D eigenvalue weighted by atomic mass is 10.1. The van der Waals surface area contributed by atoms with Crippen LogP contribution >= 0.6 is 22.9 Å². The number of hydrogen-bond acceptors (Lipinski definition) is 5. The van der Waals surface area contributed by atoms with Crippen LogP contribution in [0.25, 0.3) is 0 Å². The number of sulfone groups is 1. The van der Waals surface area contributed by atoms with E-state index in [0.717, 1.165) is 23.5 Å². The van der Waals surface area contributed by atoms with Crippen LogP contribution in [0.3, 0.4) is 0 Å². The van der Waals surface area contributed by atoms with Gasteiger partial charge in [-0.05, 0) is 19.1 Å². The van der Waals surface area contributed by atoms with Gasteiger partial charge in [-0.1, -0.05) is 29.8 Å². The maximum absolute atomic E-state index is 14.5. The van der Waals surface area contributed by atoms with Crippen LogP contribution < -0.4 is 4.74 Å². The van der Waals surface area contributed by atoms with Gasteiger partial charge < -0.3 is 4.74 Å². The zero-order chi connectivity index (χ0) is 19.6. The quantitative estimate of drug-likeness (QED) is 0.541. The molecule has 0 spiro atoms. The molecule has 4 nitrogen and oxygen atoms in total. The Hall–Kier alpha value is -2.03. The van der Waals surface area contributed by atoms with Crippen LogP contribution in [0.5, 0.6) is 5.75 Å². The number of hydrogen-bond donors (Lipinski definition) is 0. The Labute approximate surface area is 164 Å². The van der Waals surface area contributed by atoms with E-state index in [-0.39, 0.29) is 16.3 Å². The van der Waals surface area contributed by atoms with Gasteiger partial charge in [-0.3, -0.25) is 0 Å². The summed E-state index contributed by atoms with van der Waals surface area (Å²) in [6.45, 7) is 1.58. The lowest BCUT2D eigenvalue weighted by molar-refractivity contribution is 0.220. The van der Waals surface area contributed by atoms with Crippen LogP contribution in [0.1, 0.15) is 23.6 Å². The maximum atomic E-state index is 14.5. The smallest absolute Gasteiger partial charge is 0.187 e. The van der Waals surface area contributed by atoms with Crippen molar-refractivity contribution < 1.29 is 21.9 Å². The standard InChI is InChI=1S/C18H14ClF2NO3S2/c1-11(12-4-2-3-5-14(12)20)25-16-9-15(21)17(8-13(16)19)27(23,24)10-18-22-6-7-26-18/h2-9,11H,10H2,1H3/t11-/m1/s1. The number of aromatic nitrogens is 1. The Bertz CT molecular complexity index is 1060. The van der Waals surface area contributed by atoms with Crippen LogP contribution in [0.2, 0.25) is 5.02 Å². The molecule has 0 fully saturated rings. The molecule has 2 aromatic carbocycles. The highest BCUT2D eigenvalue weighted by atomic mass is 35.5. The molecule has 0 unspecified atom stereocenters. The molecule has 0 saturated heterocycles. The van der Waals surface area contributed by atoms with Crippen molar-refractivity contribution >= 4 is 32.8 Å². The molecule has 1 aromatic heterocycles. The highest BCUT2D eigenvalue weighted by Gasteiger charge is 2.24. The number of rotatable bonds is 6. The fraction of sp³-hybridized carbons (Fsp3) is 0.167. The summed E-state index contributed by atoms with van der Waals surface area (Å²) in [5, 5.41) is 1.89. The van der Waals surface area contributed by atoms with Crippen LogP contribution in [-0.2, 0) is 15.6 Å². The van der Waals surface area contributed by atoms with Crippen molar-refractivity contribution in [2.24, 2.45) is 0 Å². The average molecular weight is 430 g/mol. The number of ether oxygens (including phenoxy) is 1. The molecule has 0 bridgehead atoms. The van der Waals surface area contributed by atoms with Crippen LogP contribution in [0.15, 0.2) is 52.9 Å². The van der Waals surface area contributed by atoms with Gasteiger partial charge in [0, 0.05) is 23.2 Å². The van der Waals surface area contributed by atoms with E-state index >= 15 is 0 Å². The predicted molar refractivity (Wildman–Crippen MR) is 99.9 cm³/mol. The summed E-state index contributed by atoms with van der Waals surface area (Å²) in [5.74, 6) is -1.96. The lowest BCUT2D eigenvalue weighted by Crippen LogP contribution is -2.09. The van der Waals surface area contributed by atoms with Gasteiger partial charge in [0.2, 0.25) is 0 Å². The summed E-state index contributed by atoms with van der Waals surface area (Å²) in [6, 6.07) is 7.91. The molecule has 0 radical (unpaired) electrons. The number of nitrogens with zero attached hydrogens (tertiary/aromatic N) is 1. The van der Waals surface area contributed by atoms with Crippen LogP contribution in [-0.4, -0.2) is 13.4 Å². The molecule has 142 valence electrons. The molecular formula is C18H14ClF2NO3S2. The molecule has 3 aromatic rings. The summed E-state index contributed by atoms with van der Waals surface area (Å²) < 4.78 is 58.8. The van der Waals surface area contributed by atoms with E-state index < -0.39 is 38.2 Å². The molecule has 0 aliphatic carbocycles. The second-order valence-electron chi connectivity index (χ2n) is 5.68. The number of benzene rings is 2. The minimum absolute atomic E-state index is 0.0712. The molecule has 3 rings (SSSR count). The summed E-state index contributed by atoms with van der Waals surface area (Å²) in [5.41, 5.74) is 0.273. The first-order valence-corrected chi connectivity index (χ1v) is 10.7. The molecule has 9 heteroatoms. The first kappa shape index (κ1) is 19.7. The highest BCUT2D eigenvalue weighted by Crippen LogP contribution is 2.34. The van der Waals surface area contributed by atoms with Crippen molar-refractivity contribution in [1.29, 1.82) is 0 Å². The Morgan fingerprint density at radius 3 is 2.63 bits per heavy atom. The Kier molecular flexibility index (Phi) is 5.78. The minimum atomic E-state index is -3.97. The zero-order valence-corrected chi connectivity index (χ0v) is 16.4. The van der Waals surface area contributed by atoms with Crippen molar-refractivity contribution in [3.8, 4) is 5.75 Å². The molecule has 27 heavy (non-hydrogen) atoms. The fourth-order valence-electron chi connectivity index (χ4n) is 2.46. The SMILES string of the molecule is C[C@@H](Oc1cc(F)c(S(=O)(=O)Cc2nccs2)cc1Cl)c1ccccc1F. The largest absolute Gasteiger partial charge is 0.484 e. The lowest BCUT2D eigenvalue weighted by Gasteiger charge is -2.17. The third kappa shape index (κ3) is 4.45. The normalized spacial score (nSPS) is 12.7. The third-order valence-electron chi connectivity index (χ3n) is 3.77. The monoisotopic (exact) mass is 429 g/mol. The fourth-order valence-corrected chi connectivity index (χ4v) is 5.08. The van der Waals surface area contributed by atoms with E-state index in [1.54, 1.807) is 24.4 Å². The van der Waals surface area contributed by atoms with E-state index in [4.69, 9.17) is 16.3 Å². The van der Waals surface area contributed by atoms with E-state index in [2.05, 4.69) is 4.98 Å². The van der Waals surface area contributed by atoms with Crippen LogP contribution in [0.4, 0.5) is 8.78 Å². The summed E-state index contributed by atoms with van der Waals surface area (Å²) >= 11 is 7.26. The van der Waals surface area contributed by atoms with Crippen molar-refractivity contribution in [3.05, 3.63) is 75.2 Å². The van der Waals surface area contributed by atoms with Gasteiger partial charge in [0.25, 0.3) is 0 Å². The molecule has 0 aliphatic heterocycles. The van der Waals surface area contributed by atoms with E-state index in [1.807, 2.05) is 0 Å². The molecule has 0 saturated carbocycles. The van der Waals surface area contributed by atoms with Gasteiger partial charge in [0.05, 0.1) is 5.02 Å². The second-order valence-corrected chi connectivity index (χ2v) is 9.02. The molecule has 0 amide bonds. The van der Waals surface area contributed by atoms with Gasteiger partial charge in [-0.25, -0.2) is 22.2 Å². The molecule has 0 N–H and O–H groups in total. The Morgan fingerprint density at radius 1 is 1.22 bits per heavy atom. The van der Waals surface area contributed by atoms with Gasteiger partial charge >= 0.3 is 0 Å². The Morgan fingerprint density at radius 2 is 1.96 bits per heavy atom. The Balaban J connectivity index is 1.88. The molecule has 1 heterocycles. The number of thiazole rings is 1. The molecular weight excluding hydrogens is 416 g/mol. The summed E-state index contributed by atoms with van der Waals surface area (Å²) in [7, 11) is -3.97.